The molecular weight excluding hydrogens is 230 g/mol. The smallest absolute Gasteiger partial charge is 0.0316 e. The third kappa shape index (κ3) is 1.78. The predicted octanol–water partition coefficient (Wildman–Crippen LogP) is 4.20. The van der Waals surface area contributed by atoms with E-state index < -0.39 is 0 Å². The number of benzene rings is 1. The number of hydrogen-bond donors (Lipinski definition) is 0. The molecule has 0 unspecified atom stereocenters. The summed E-state index contributed by atoms with van der Waals surface area (Å²) in [4.78, 5) is 2.89. The van der Waals surface area contributed by atoms with Crippen LogP contribution in [0.15, 0.2) is 30.3 Å². The lowest BCUT2D eigenvalue weighted by Gasteiger charge is -2.38. The summed E-state index contributed by atoms with van der Waals surface area (Å²) < 4.78 is 0. The van der Waals surface area contributed by atoms with Crippen molar-refractivity contribution < 1.29 is 0 Å². The molecule has 0 spiro atoms. The summed E-state index contributed by atoms with van der Waals surface area (Å²) in [5.74, 6) is 1.80. The Labute approximate surface area is 117 Å². The Morgan fingerprint density at radius 1 is 0.895 bits per heavy atom. The van der Waals surface area contributed by atoms with Crippen molar-refractivity contribution in [2.75, 3.05) is 13.1 Å². The van der Waals surface area contributed by atoms with Crippen LogP contribution in [0.1, 0.15) is 56.4 Å². The van der Waals surface area contributed by atoms with E-state index >= 15 is 0 Å². The first kappa shape index (κ1) is 12.0. The number of likely N-dealkylation sites (tertiary alicyclic amines) is 1. The molecule has 1 nitrogen and oxygen atoms in total. The molecule has 1 aromatic carbocycles. The van der Waals surface area contributed by atoms with E-state index in [4.69, 9.17) is 0 Å². The molecule has 1 aliphatic heterocycles. The highest BCUT2D eigenvalue weighted by molar-refractivity contribution is 5.38. The third-order valence-corrected chi connectivity index (χ3v) is 5.92. The molecule has 4 rings (SSSR count). The molecular formula is C18H25N. The Balaban J connectivity index is 1.64. The van der Waals surface area contributed by atoms with E-state index in [0.717, 1.165) is 11.8 Å². The van der Waals surface area contributed by atoms with Crippen molar-refractivity contribution in [1.29, 1.82) is 0 Å². The molecule has 2 saturated carbocycles. The number of nitrogens with zero attached hydrogens (tertiary/aromatic N) is 1. The monoisotopic (exact) mass is 255 g/mol. The highest BCUT2D eigenvalue weighted by Gasteiger charge is 2.67. The van der Waals surface area contributed by atoms with Gasteiger partial charge in [-0.15, -0.1) is 0 Å². The highest BCUT2D eigenvalue weighted by atomic mass is 15.3. The van der Waals surface area contributed by atoms with Crippen LogP contribution < -0.4 is 0 Å². The Kier molecular flexibility index (Phi) is 2.91. The lowest BCUT2D eigenvalue weighted by molar-refractivity contribution is 0.107. The van der Waals surface area contributed by atoms with E-state index in [1.54, 1.807) is 5.56 Å². The van der Waals surface area contributed by atoms with E-state index in [1.807, 2.05) is 0 Å². The second-order valence-corrected chi connectivity index (χ2v) is 6.78. The highest BCUT2D eigenvalue weighted by Crippen LogP contribution is 2.67. The minimum absolute atomic E-state index is 0.569. The molecule has 0 aromatic heterocycles. The summed E-state index contributed by atoms with van der Waals surface area (Å²) in [5, 5.41) is 0. The van der Waals surface area contributed by atoms with Crippen LogP contribution in [0.4, 0.5) is 0 Å². The fourth-order valence-electron chi connectivity index (χ4n) is 5.11. The summed E-state index contributed by atoms with van der Waals surface area (Å²) in [5.41, 5.74) is 2.18. The van der Waals surface area contributed by atoms with Crippen LogP contribution in [-0.4, -0.2) is 23.5 Å². The summed E-state index contributed by atoms with van der Waals surface area (Å²) >= 11 is 0. The second-order valence-electron chi connectivity index (χ2n) is 6.78. The zero-order valence-corrected chi connectivity index (χ0v) is 11.9. The predicted molar refractivity (Wildman–Crippen MR) is 79.3 cm³/mol. The summed E-state index contributed by atoms with van der Waals surface area (Å²) in [7, 11) is 0. The number of rotatable bonds is 2. The van der Waals surface area contributed by atoms with Crippen molar-refractivity contribution in [2.24, 2.45) is 5.92 Å². The maximum atomic E-state index is 2.89. The van der Waals surface area contributed by atoms with Crippen molar-refractivity contribution in [3.63, 3.8) is 0 Å². The van der Waals surface area contributed by atoms with Gasteiger partial charge in [0.15, 0.2) is 0 Å². The molecule has 1 heterocycles. The van der Waals surface area contributed by atoms with Crippen LogP contribution >= 0.6 is 0 Å². The number of fused-ring (bicyclic) bond motifs is 1. The van der Waals surface area contributed by atoms with Crippen LogP contribution in [0.25, 0.3) is 0 Å². The average molecular weight is 255 g/mol. The fourth-order valence-corrected chi connectivity index (χ4v) is 5.11. The lowest BCUT2D eigenvalue weighted by atomic mass is 9.91. The Bertz CT molecular complexity index is 434. The zero-order valence-electron chi connectivity index (χ0n) is 11.9. The largest absolute Gasteiger partial charge is 0.297 e. The molecule has 3 aliphatic rings. The molecule has 0 N–H and O–H groups in total. The Morgan fingerprint density at radius 2 is 1.68 bits per heavy atom. The van der Waals surface area contributed by atoms with Gasteiger partial charge < -0.3 is 0 Å². The average Bonchev–Trinajstić information content (AvgIpc) is 3.19. The van der Waals surface area contributed by atoms with Crippen molar-refractivity contribution in [3.05, 3.63) is 35.9 Å². The summed E-state index contributed by atoms with van der Waals surface area (Å²) in [6.45, 7) is 2.72. The second kappa shape index (κ2) is 4.63. The Morgan fingerprint density at radius 3 is 2.47 bits per heavy atom. The zero-order chi connectivity index (χ0) is 12.7. The van der Waals surface area contributed by atoms with Gasteiger partial charge in [0.2, 0.25) is 0 Å². The molecule has 0 radical (unpaired) electrons. The van der Waals surface area contributed by atoms with Crippen molar-refractivity contribution in [3.8, 4) is 0 Å². The normalized spacial score (nSPS) is 38.7. The van der Waals surface area contributed by atoms with Crippen molar-refractivity contribution in [1.82, 2.24) is 4.90 Å². The van der Waals surface area contributed by atoms with Gasteiger partial charge in [0.25, 0.3) is 0 Å². The van der Waals surface area contributed by atoms with Gasteiger partial charge in [-0.1, -0.05) is 49.6 Å². The topological polar surface area (TPSA) is 3.24 Å². The SMILES string of the molecule is c1ccc([C@@H]2[C@@H]3CCCC[C@]23N2CCCCC2)cc1. The molecule has 0 bridgehead atoms. The first-order valence-corrected chi connectivity index (χ1v) is 8.23. The summed E-state index contributed by atoms with van der Waals surface area (Å²) in [6.07, 6.45) is 10.1. The van der Waals surface area contributed by atoms with Gasteiger partial charge in [-0.25, -0.2) is 0 Å². The molecule has 1 aromatic rings. The number of piperidine rings is 1. The van der Waals surface area contributed by atoms with Crippen LogP contribution in [0, 0.1) is 5.92 Å². The third-order valence-electron chi connectivity index (χ3n) is 5.92. The molecule has 2 aliphatic carbocycles. The van der Waals surface area contributed by atoms with Gasteiger partial charge in [0.05, 0.1) is 0 Å². The lowest BCUT2D eigenvalue weighted by Crippen LogP contribution is -2.44. The van der Waals surface area contributed by atoms with Gasteiger partial charge in [-0.3, -0.25) is 4.90 Å². The van der Waals surface area contributed by atoms with E-state index in [1.165, 1.54) is 58.0 Å². The fraction of sp³-hybridized carbons (Fsp3) is 0.667. The first-order chi connectivity index (χ1) is 9.43. The van der Waals surface area contributed by atoms with Gasteiger partial charge in [0, 0.05) is 11.5 Å². The van der Waals surface area contributed by atoms with E-state index in [9.17, 15) is 0 Å². The van der Waals surface area contributed by atoms with Gasteiger partial charge in [-0.2, -0.15) is 0 Å². The molecule has 3 fully saturated rings. The van der Waals surface area contributed by atoms with Crippen LogP contribution in [0.5, 0.6) is 0 Å². The molecule has 3 atom stereocenters. The van der Waals surface area contributed by atoms with E-state index in [0.29, 0.717) is 5.54 Å². The minimum atomic E-state index is 0.569. The first-order valence-electron chi connectivity index (χ1n) is 8.23. The quantitative estimate of drug-likeness (QED) is 0.765. The molecule has 19 heavy (non-hydrogen) atoms. The summed E-state index contributed by atoms with van der Waals surface area (Å²) in [6, 6.07) is 11.3. The van der Waals surface area contributed by atoms with E-state index in [-0.39, 0.29) is 0 Å². The molecule has 1 saturated heterocycles. The number of hydrogen-bond acceptors (Lipinski definition) is 1. The Hall–Kier alpha value is -0.820. The molecule has 0 amide bonds. The van der Waals surface area contributed by atoms with Crippen LogP contribution in [-0.2, 0) is 0 Å². The maximum Gasteiger partial charge on any atom is 0.0316 e. The van der Waals surface area contributed by atoms with Crippen LogP contribution in [0.3, 0.4) is 0 Å². The molecule has 1 heteroatoms. The van der Waals surface area contributed by atoms with Gasteiger partial charge >= 0.3 is 0 Å². The van der Waals surface area contributed by atoms with Crippen molar-refractivity contribution >= 4 is 0 Å². The van der Waals surface area contributed by atoms with Crippen molar-refractivity contribution in [2.45, 2.75) is 56.4 Å². The van der Waals surface area contributed by atoms with E-state index in [2.05, 4.69) is 35.2 Å². The van der Waals surface area contributed by atoms with Gasteiger partial charge in [0.1, 0.15) is 0 Å². The standard InChI is InChI=1S/C18H25N/c1-3-9-15(10-4-1)17-16-11-5-6-12-18(16,17)19-13-7-2-8-14-19/h1,3-4,9-10,16-17H,2,5-8,11-14H2/t16-,17+,18+/m0/s1. The van der Waals surface area contributed by atoms with Crippen LogP contribution in [0.2, 0.25) is 0 Å². The minimum Gasteiger partial charge on any atom is -0.297 e. The maximum absolute atomic E-state index is 2.89. The molecule has 102 valence electrons. The van der Waals surface area contributed by atoms with Gasteiger partial charge in [-0.05, 0) is 50.3 Å².